The summed E-state index contributed by atoms with van der Waals surface area (Å²) in [5.41, 5.74) is 0.984. The lowest BCUT2D eigenvalue weighted by molar-refractivity contribution is -0.384. The van der Waals surface area contributed by atoms with Crippen LogP contribution in [0.5, 0.6) is 0 Å². The monoisotopic (exact) mass is 270 g/mol. The van der Waals surface area contributed by atoms with Crippen LogP contribution in [0.25, 0.3) is 0 Å². The Morgan fingerprint density at radius 3 is 2.72 bits per heavy atom. The highest BCUT2D eigenvalue weighted by molar-refractivity contribution is 6.20. The summed E-state index contributed by atoms with van der Waals surface area (Å²) in [7, 11) is 0. The lowest BCUT2D eigenvalue weighted by Crippen LogP contribution is -2.29. The van der Waals surface area contributed by atoms with E-state index in [0.717, 1.165) is 6.42 Å². The van der Waals surface area contributed by atoms with Crippen LogP contribution in [0.3, 0.4) is 0 Å². The zero-order valence-corrected chi connectivity index (χ0v) is 11.0. The molecule has 98 valence electrons. The van der Waals surface area contributed by atoms with E-state index in [0.29, 0.717) is 17.7 Å². The van der Waals surface area contributed by atoms with Gasteiger partial charge >= 0.3 is 0 Å². The van der Waals surface area contributed by atoms with Crippen molar-refractivity contribution in [2.24, 2.45) is 0 Å². The van der Waals surface area contributed by atoms with Gasteiger partial charge in [-0.3, -0.25) is 14.9 Å². The molecule has 1 aromatic rings. The molecule has 1 unspecified atom stereocenters. The first-order chi connectivity index (χ1) is 8.45. The van der Waals surface area contributed by atoms with Gasteiger partial charge in [0.25, 0.3) is 11.6 Å². The summed E-state index contributed by atoms with van der Waals surface area (Å²) in [5, 5.41) is 13.2. The second-order valence-electron chi connectivity index (χ2n) is 3.97. The van der Waals surface area contributed by atoms with Crippen LogP contribution in [-0.4, -0.2) is 22.8 Å². The number of nitrogens with one attached hydrogen (secondary N) is 1. The highest BCUT2D eigenvalue weighted by Gasteiger charge is 2.14. The number of carbonyl (C=O) groups excluding carboxylic acids is 1. The number of nitro benzene ring substituents is 1. The van der Waals surface area contributed by atoms with Gasteiger partial charge in [-0.15, -0.1) is 11.6 Å². The number of nitrogens with zero attached hydrogens (tertiary/aromatic N) is 1. The Morgan fingerprint density at radius 1 is 1.56 bits per heavy atom. The molecule has 5 nitrogen and oxygen atoms in total. The lowest BCUT2D eigenvalue weighted by atomic mass is 10.1. The van der Waals surface area contributed by atoms with Gasteiger partial charge in [-0.05, 0) is 25.0 Å². The van der Waals surface area contributed by atoms with Crippen LogP contribution in [0.1, 0.15) is 29.3 Å². The minimum absolute atomic E-state index is 0.0205. The molecule has 0 aromatic heterocycles. The molecule has 1 atom stereocenters. The summed E-state index contributed by atoms with van der Waals surface area (Å²) < 4.78 is 0. The van der Waals surface area contributed by atoms with Gasteiger partial charge < -0.3 is 5.32 Å². The largest absolute Gasteiger partial charge is 0.351 e. The van der Waals surface area contributed by atoms with Crippen LogP contribution in [0.2, 0.25) is 0 Å². The number of rotatable bonds is 5. The van der Waals surface area contributed by atoms with E-state index < -0.39 is 4.92 Å². The van der Waals surface area contributed by atoms with Crippen LogP contribution in [-0.2, 0) is 0 Å². The topological polar surface area (TPSA) is 72.2 Å². The van der Waals surface area contributed by atoms with Gasteiger partial charge in [0.15, 0.2) is 0 Å². The normalized spacial score (nSPS) is 11.9. The van der Waals surface area contributed by atoms with E-state index >= 15 is 0 Å². The first-order valence-corrected chi connectivity index (χ1v) is 6.06. The van der Waals surface area contributed by atoms with Gasteiger partial charge in [0.2, 0.25) is 0 Å². The molecule has 0 aliphatic heterocycles. The minimum atomic E-state index is -0.486. The molecule has 6 heteroatoms. The molecule has 18 heavy (non-hydrogen) atoms. The summed E-state index contributed by atoms with van der Waals surface area (Å²) in [4.78, 5) is 21.9. The molecule has 0 aliphatic carbocycles. The maximum atomic E-state index is 11.8. The van der Waals surface area contributed by atoms with E-state index in [1.54, 1.807) is 6.92 Å². The predicted molar refractivity (Wildman–Crippen MR) is 70.1 cm³/mol. The molecule has 1 aromatic carbocycles. The van der Waals surface area contributed by atoms with Crippen LogP contribution >= 0.6 is 11.6 Å². The Morgan fingerprint density at radius 2 is 2.22 bits per heavy atom. The number of hydrogen-bond donors (Lipinski definition) is 1. The summed E-state index contributed by atoms with van der Waals surface area (Å²) in [5.74, 6) is -0.263. The van der Waals surface area contributed by atoms with Gasteiger partial charge in [-0.25, -0.2) is 0 Å². The highest BCUT2D eigenvalue weighted by atomic mass is 35.5. The van der Waals surface area contributed by atoms with E-state index in [4.69, 9.17) is 11.6 Å². The average molecular weight is 271 g/mol. The van der Waals surface area contributed by atoms with Gasteiger partial charge in [0.1, 0.15) is 0 Å². The van der Waals surface area contributed by atoms with Crippen molar-refractivity contribution in [2.45, 2.75) is 25.6 Å². The molecular weight excluding hydrogens is 256 g/mol. The Labute approximate surface area is 110 Å². The van der Waals surface area contributed by atoms with Crippen molar-refractivity contribution in [3.05, 3.63) is 39.4 Å². The Hall–Kier alpha value is -1.62. The molecule has 0 saturated heterocycles. The first kappa shape index (κ1) is 14.4. The number of halogens is 1. The third kappa shape index (κ3) is 3.70. The van der Waals surface area contributed by atoms with Gasteiger partial charge in [0, 0.05) is 24.2 Å². The van der Waals surface area contributed by atoms with Crippen LogP contribution < -0.4 is 5.32 Å². The maximum absolute atomic E-state index is 11.8. The molecule has 0 aliphatic rings. The second-order valence-corrected chi connectivity index (χ2v) is 4.59. The molecule has 1 N–H and O–H groups in total. The van der Waals surface area contributed by atoms with Crippen LogP contribution in [0.4, 0.5) is 5.69 Å². The average Bonchev–Trinajstić information content (AvgIpc) is 2.35. The van der Waals surface area contributed by atoms with Crippen molar-refractivity contribution >= 4 is 23.2 Å². The summed E-state index contributed by atoms with van der Waals surface area (Å²) in [6, 6.07) is 4.16. The zero-order valence-electron chi connectivity index (χ0n) is 10.3. The Kier molecular flexibility index (Phi) is 5.09. The molecule has 0 bridgehead atoms. The number of carbonyl (C=O) groups is 1. The van der Waals surface area contributed by atoms with E-state index in [2.05, 4.69) is 5.32 Å². The second kappa shape index (κ2) is 6.35. The molecule has 0 heterocycles. The van der Waals surface area contributed by atoms with E-state index in [1.807, 2.05) is 6.92 Å². The van der Waals surface area contributed by atoms with Gasteiger partial charge in [-0.1, -0.05) is 6.92 Å². The summed E-state index contributed by atoms with van der Waals surface area (Å²) in [6.45, 7) is 3.98. The molecule has 0 fully saturated rings. The van der Waals surface area contributed by atoms with E-state index in [1.165, 1.54) is 18.2 Å². The summed E-state index contributed by atoms with van der Waals surface area (Å²) >= 11 is 5.90. The third-order valence-electron chi connectivity index (χ3n) is 2.59. The summed E-state index contributed by atoms with van der Waals surface area (Å²) in [6.07, 6.45) is 0.765. The fourth-order valence-electron chi connectivity index (χ4n) is 1.46. The van der Waals surface area contributed by atoms with Crippen molar-refractivity contribution in [1.82, 2.24) is 5.32 Å². The van der Waals surface area contributed by atoms with E-state index in [-0.39, 0.29) is 17.0 Å². The molecule has 0 radical (unpaired) electrons. The molecule has 1 amide bonds. The molecular formula is C12H15ClN2O3. The number of alkyl halides is 1. The lowest BCUT2D eigenvalue weighted by Gasteiger charge is -2.10. The minimum Gasteiger partial charge on any atom is -0.351 e. The molecule has 0 spiro atoms. The Bertz CT molecular complexity index is 463. The number of benzene rings is 1. The smallest absolute Gasteiger partial charge is 0.269 e. The van der Waals surface area contributed by atoms with Crippen molar-refractivity contribution in [2.75, 3.05) is 6.54 Å². The SMILES string of the molecule is CCC(Cl)CNC(=O)c1ccc([N+](=O)[O-])cc1C. The number of nitro groups is 1. The number of amides is 1. The number of hydrogen-bond acceptors (Lipinski definition) is 3. The van der Waals surface area contributed by atoms with Crippen LogP contribution in [0, 0.1) is 17.0 Å². The quantitative estimate of drug-likeness (QED) is 0.508. The zero-order chi connectivity index (χ0) is 13.7. The van der Waals surface area contributed by atoms with E-state index in [9.17, 15) is 14.9 Å². The first-order valence-electron chi connectivity index (χ1n) is 5.63. The van der Waals surface area contributed by atoms with Gasteiger partial charge in [-0.2, -0.15) is 0 Å². The highest BCUT2D eigenvalue weighted by Crippen LogP contribution is 2.17. The van der Waals surface area contributed by atoms with Crippen molar-refractivity contribution in [3.63, 3.8) is 0 Å². The van der Waals surface area contributed by atoms with Crippen molar-refractivity contribution in [3.8, 4) is 0 Å². The van der Waals surface area contributed by atoms with Crippen LogP contribution in [0.15, 0.2) is 18.2 Å². The third-order valence-corrected chi connectivity index (χ3v) is 3.06. The maximum Gasteiger partial charge on any atom is 0.269 e. The number of non-ortho nitro benzene ring substituents is 1. The molecule has 0 saturated carbocycles. The number of aryl methyl sites for hydroxylation is 1. The standard InChI is InChI=1S/C12H15ClN2O3/c1-3-9(13)7-14-12(16)11-5-4-10(15(17)18)6-8(11)2/h4-6,9H,3,7H2,1-2H3,(H,14,16). The fourth-order valence-corrected chi connectivity index (χ4v) is 1.54. The van der Waals surface area contributed by atoms with Gasteiger partial charge in [0.05, 0.1) is 10.3 Å². The fraction of sp³-hybridized carbons (Fsp3) is 0.417. The Balaban J connectivity index is 2.78. The van der Waals surface area contributed by atoms with Crippen molar-refractivity contribution < 1.29 is 9.72 Å². The molecule has 1 rings (SSSR count). The van der Waals surface area contributed by atoms with Crippen molar-refractivity contribution in [1.29, 1.82) is 0 Å². The predicted octanol–water partition coefficient (Wildman–Crippen LogP) is 2.65.